The van der Waals surface area contributed by atoms with Gasteiger partial charge in [-0.3, -0.25) is 19.5 Å². The Hall–Kier alpha value is -2.70. The van der Waals surface area contributed by atoms with Gasteiger partial charge in [-0.1, -0.05) is 18.3 Å². The van der Waals surface area contributed by atoms with Crippen LogP contribution >= 0.6 is 22.7 Å². The number of thiophene rings is 1. The van der Waals surface area contributed by atoms with Gasteiger partial charge in [-0.05, 0) is 19.3 Å². The molecular formula is C18H19N5O5S2. The Morgan fingerprint density at radius 1 is 1.40 bits per heavy atom. The molecule has 10 nitrogen and oxygen atoms in total. The fourth-order valence-electron chi connectivity index (χ4n) is 3.29. The number of aryl methyl sites for hydroxylation is 1. The van der Waals surface area contributed by atoms with E-state index in [1.807, 2.05) is 6.92 Å². The molecule has 1 unspecified atom stereocenters. The summed E-state index contributed by atoms with van der Waals surface area (Å²) >= 11 is 2.35. The number of nitrogens with one attached hydrogen (secondary N) is 1. The van der Waals surface area contributed by atoms with Crippen LogP contribution in [0.5, 0.6) is 0 Å². The zero-order valence-electron chi connectivity index (χ0n) is 16.1. The maximum Gasteiger partial charge on any atom is 0.337 e. The third-order valence-corrected chi connectivity index (χ3v) is 6.47. The first kappa shape index (κ1) is 20.6. The molecular weight excluding hydrogens is 430 g/mol. The van der Waals surface area contributed by atoms with Gasteiger partial charge in [0.15, 0.2) is 0 Å². The number of hydrogen-bond donors (Lipinski definition) is 2. The van der Waals surface area contributed by atoms with E-state index < -0.39 is 17.4 Å². The second-order valence-electron chi connectivity index (χ2n) is 6.80. The minimum absolute atomic E-state index is 0.0248. The molecule has 3 aromatic rings. The second-order valence-corrected chi connectivity index (χ2v) is 8.67. The lowest BCUT2D eigenvalue weighted by atomic mass is 10.2. The maximum atomic E-state index is 13.0. The number of rotatable bonds is 7. The summed E-state index contributed by atoms with van der Waals surface area (Å²) in [5.41, 5.74) is -0.635. The number of amides is 1. The highest BCUT2D eigenvalue weighted by Gasteiger charge is 2.23. The van der Waals surface area contributed by atoms with Crippen molar-refractivity contribution in [3.05, 3.63) is 32.1 Å². The van der Waals surface area contributed by atoms with Crippen LogP contribution in [0.2, 0.25) is 0 Å². The van der Waals surface area contributed by atoms with Gasteiger partial charge in [0.1, 0.15) is 28.3 Å². The zero-order chi connectivity index (χ0) is 21.3. The topological polar surface area (TPSA) is 136 Å². The second kappa shape index (κ2) is 8.58. The van der Waals surface area contributed by atoms with Crippen LogP contribution in [-0.4, -0.2) is 43.3 Å². The number of carboxylic acid groups (broad SMARTS) is 1. The number of anilines is 1. The van der Waals surface area contributed by atoms with E-state index in [9.17, 15) is 19.5 Å². The van der Waals surface area contributed by atoms with Gasteiger partial charge in [0, 0.05) is 18.4 Å². The molecule has 1 amide bonds. The molecule has 1 aliphatic heterocycles. The number of ether oxygens (including phenoxy) is 1. The van der Waals surface area contributed by atoms with E-state index in [0.29, 0.717) is 33.8 Å². The van der Waals surface area contributed by atoms with Crippen LogP contribution in [0.25, 0.3) is 10.2 Å². The largest absolute Gasteiger partial charge is 0.478 e. The number of aromatic carboxylic acids is 1. The van der Waals surface area contributed by atoms with Crippen molar-refractivity contribution in [1.82, 2.24) is 19.7 Å². The molecule has 1 atom stereocenters. The SMILES string of the molecule is CCCc1nc2scc(C(=O)O)c2c(=O)n1CC(=O)Nc1nnc(C2CCCO2)s1. The Morgan fingerprint density at radius 2 is 2.23 bits per heavy atom. The van der Waals surface area contributed by atoms with Crippen molar-refractivity contribution >= 4 is 49.9 Å². The normalized spacial score (nSPS) is 16.2. The molecule has 2 N–H and O–H groups in total. The summed E-state index contributed by atoms with van der Waals surface area (Å²) in [6, 6.07) is 0. The summed E-state index contributed by atoms with van der Waals surface area (Å²) in [6.07, 6.45) is 2.95. The molecule has 0 spiro atoms. The fourth-order valence-corrected chi connectivity index (χ4v) is 5.06. The Bertz CT molecular complexity index is 1160. The first-order chi connectivity index (χ1) is 14.5. The molecule has 12 heteroatoms. The number of nitrogens with zero attached hydrogens (tertiary/aromatic N) is 4. The number of carbonyl (C=O) groups is 2. The van der Waals surface area contributed by atoms with Crippen LogP contribution in [0, 0.1) is 0 Å². The molecule has 1 saturated heterocycles. The Morgan fingerprint density at radius 3 is 2.93 bits per heavy atom. The van der Waals surface area contributed by atoms with Gasteiger partial charge in [-0.2, -0.15) is 0 Å². The van der Waals surface area contributed by atoms with Crippen LogP contribution in [0.1, 0.15) is 53.5 Å². The quantitative estimate of drug-likeness (QED) is 0.561. The molecule has 0 saturated carbocycles. The maximum absolute atomic E-state index is 13.0. The predicted octanol–water partition coefficient (Wildman–Crippen LogP) is 2.45. The number of carbonyl (C=O) groups excluding carboxylic acids is 1. The van der Waals surface area contributed by atoms with Crippen LogP contribution in [0.3, 0.4) is 0 Å². The lowest BCUT2D eigenvalue weighted by Gasteiger charge is -2.11. The molecule has 1 fully saturated rings. The molecule has 158 valence electrons. The van der Waals surface area contributed by atoms with Crippen molar-refractivity contribution in [2.75, 3.05) is 11.9 Å². The predicted molar refractivity (Wildman–Crippen MR) is 111 cm³/mol. The highest BCUT2D eigenvalue weighted by molar-refractivity contribution is 7.17. The average Bonchev–Trinajstić information content (AvgIpc) is 3.44. The van der Waals surface area contributed by atoms with E-state index in [2.05, 4.69) is 20.5 Å². The van der Waals surface area contributed by atoms with Crippen molar-refractivity contribution in [3.8, 4) is 0 Å². The van der Waals surface area contributed by atoms with Gasteiger partial charge in [-0.15, -0.1) is 21.5 Å². The third-order valence-electron chi connectivity index (χ3n) is 4.67. The summed E-state index contributed by atoms with van der Waals surface area (Å²) in [6.45, 7) is 2.33. The number of fused-ring (bicyclic) bond motifs is 1. The van der Waals surface area contributed by atoms with Crippen molar-refractivity contribution in [2.24, 2.45) is 0 Å². The fraction of sp³-hybridized carbons (Fsp3) is 0.444. The molecule has 4 heterocycles. The van der Waals surface area contributed by atoms with E-state index in [0.717, 1.165) is 30.6 Å². The lowest BCUT2D eigenvalue weighted by Crippen LogP contribution is -2.31. The highest BCUT2D eigenvalue weighted by atomic mass is 32.1. The summed E-state index contributed by atoms with van der Waals surface area (Å²) in [5.74, 6) is -1.21. The smallest absolute Gasteiger partial charge is 0.337 e. The summed E-state index contributed by atoms with van der Waals surface area (Å²) in [7, 11) is 0. The number of aromatic nitrogens is 4. The van der Waals surface area contributed by atoms with E-state index in [-0.39, 0.29) is 23.6 Å². The minimum atomic E-state index is -1.20. The lowest BCUT2D eigenvalue weighted by molar-refractivity contribution is -0.116. The average molecular weight is 450 g/mol. The molecule has 3 aromatic heterocycles. The molecule has 0 radical (unpaired) electrons. The first-order valence-corrected chi connectivity index (χ1v) is 11.2. The van der Waals surface area contributed by atoms with Gasteiger partial charge >= 0.3 is 5.97 Å². The summed E-state index contributed by atoms with van der Waals surface area (Å²) in [5, 5.41) is 22.5. The zero-order valence-corrected chi connectivity index (χ0v) is 17.7. The van der Waals surface area contributed by atoms with Crippen molar-refractivity contribution in [1.29, 1.82) is 0 Å². The molecule has 0 aliphatic carbocycles. The number of hydrogen-bond acceptors (Lipinski definition) is 9. The molecule has 0 bridgehead atoms. The van der Waals surface area contributed by atoms with Crippen LogP contribution in [-0.2, 0) is 22.5 Å². The van der Waals surface area contributed by atoms with Crippen LogP contribution < -0.4 is 10.9 Å². The van der Waals surface area contributed by atoms with Gasteiger partial charge in [0.25, 0.3) is 5.56 Å². The minimum Gasteiger partial charge on any atom is -0.478 e. The van der Waals surface area contributed by atoms with E-state index >= 15 is 0 Å². The molecule has 1 aliphatic rings. The molecule has 30 heavy (non-hydrogen) atoms. The number of carboxylic acids is 1. The Labute approximate surface area is 178 Å². The van der Waals surface area contributed by atoms with Crippen molar-refractivity contribution in [3.63, 3.8) is 0 Å². The third kappa shape index (κ3) is 3.98. The monoisotopic (exact) mass is 449 g/mol. The van der Waals surface area contributed by atoms with E-state index in [1.165, 1.54) is 21.3 Å². The van der Waals surface area contributed by atoms with Gasteiger partial charge in [-0.25, -0.2) is 9.78 Å². The highest BCUT2D eigenvalue weighted by Crippen LogP contribution is 2.31. The van der Waals surface area contributed by atoms with Gasteiger partial charge in [0.05, 0.1) is 10.9 Å². The van der Waals surface area contributed by atoms with Crippen molar-refractivity contribution < 1.29 is 19.4 Å². The summed E-state index contributed by atoms with van der Waals surface area (Å²) in [4.78, 5) is 41.9. The van der Waals surface area contributed by atoms with Crippen LogP contribution in [0.15, 0.2) is 10.2 Å². The van der Waals surface area contributed by atoms with Gasteiger partial charge in [0.2, 0.25) is 11.0 Å². The first-order valence-electron chi connectivity index (χ1n) is 9.47. The molecule has 4 rings (SSSR count). The van der Waals surface area contributed by atoms with E-state index in [1.54, 1.807) is 0 Å². The molecule has 0 aromatic carbocycles. The van der Waals surface area contributed by atoms with Gasteiger partial charge < -0.3 is 9.84 Å². The van der Waals surface area contributed by atoms with Crippen LogP contribution in [0.4, 0.5) is 5.13 Å². The standard InChI is InChI=1S/C18H19N5O5S2/c1-2-4-11-19-15-13(9(8-29-15)17(26)27)16(25)23(11)7-12(24)20-18-22-21-14(30-18)10-5-3-6-28-10/h8,10H,2-7H2,1H3,(H,26,27)(H,20,22,24). The van der Waals surface area contributed by atoms with Crippen molar-refractivity contribution in [2.45, 2.75) is 45.3 Å². The Balaban J connectivity index is 1.60. The van der Waals surface area contributed by atoms with E-state index in [4.69, 9.17) is 4.74 Å². The summed E-state index contributed by atoms with van der Waals surface area (Å²) < 4.78 is 6.81. The Kier molecular flexibility index (Phi) is 5.88.